The Hall–Kier alpha value is -0.690. The van der Waals surface area contributed by atoms with Crippen molar-refractivity contribution in [1.29, 1.82) is 0 Å². The summed E-state index contributed by atoms with van der Waals surface area (Å²) in [5, 5.41) is 12.4. The van der Waals surface area contributed by atoms with Gasteiger partial charge in [0.2, 0.25) is 0 Å². The van der Waals surface area contributed by atoms with E-state index in [-0.39, 0.29) is 5.92 Å². The van der Waals surface area contributed by atoms with Crippen LogP contribution in [0.3, 0.4) is 0 Å². The molecule has 1 aliphatic rings. The van der Waals surface area contributed by atoms with E-state index in [9.17, 15) is 4.79 Å². The zero-order chi connectivity index (χ0) is 14.6. The molecule has 1 aliphatic carbocycles. The van der Waals surface area contributed by atoms with Crippen LogP contribution >= 0.6 is 0 Å². The topological polar surface area (TPSA) is 77.0 Å². The first-order valence-electron chi connectivity index (χ1n) is 7.34. The Kier molecular flexibility index (Phi) is 9.57. The Labute approximate surface area is 120 Å². The molecule has 0 aromatic carbocycles. The molecule has 2 unspecified atom stereocenters. The van der Waals surface area contributed by atoms with Crippen LogP contribution in [0.4, 0.5) is 0 Å². The summed E-state index contributed by atoms with van der Waals surface area (Å²) in [6, 6.07) is 0.311. The summed E-state index contributed by atoms with van der Waals surface area (Å²) < 4.78 is 15.6. The first-order chi connectivity index (χ1) is 9.74. The molecule has 118 valence electrons. The van der Waals surface area contributed by atoms with Gasteiger partial charge in [0.15, 0.2) is 0 Å². The van der Waals surface area contributed by atoms with E-state index in [4.69, 9.17) is 19.3 Å². The van der Waals surface area contributed by atoms with Gasteiger partial charge in [-0.1, -0.05) is 6.42 Å². The van der Waals surface area contributed by atoms with E-state index < -0.39 is 5.97 Å². The van der Waals surface area contributed by atoms with Crippen molar-refractivity contribution in [3.05, 3.63) is 0 Å². The Morgan fingerprint density at radius 2 is 1.85 bits per heavy atom. The molecule has 0 aromatic heterocycles. The fraction of sp³-hybridized carbons (Fsp3) is 0.929. The number of nitrogens with one attached hydrogen (secondary N) is 1. The van der Waals surface area contributed by atoms with Crippen molar-refractivity contribution in [1.82, 2.24) is 5.32 Å². The van der Waals surface area contributed by atoms with Crippen LogP contribution in [0, 0.1) is 5.92 Å². The minimum atomic E-state index is -0.666. The maximum Gasteiger partial charge on any atom is 0.306 e. The van der Waals surface area contributed by atoms with Crippen molar-refractivity contribution in [2.75, 3.05) is 46.7 Å². The van der Waals surface area contributed by atoms with Crippen molar-refractivity contribution in [2.24, 2.45) is 5.92 Å². The zero-order valence-corrected chi connectivity index (χ0v) is 12.3. The maximum absolute atomic E-state index is 10.9. The van der Waals surface area contributed by atoms with Crippen molar-refractivity contribution >= 4 is 5.97 Å². The number of rotatable bonds is 11. The van der Waals surface area contributed by atoms with Gasteiger partial charge in [-0.15, -0.1) is 0 Å². The fourth-order valence-electron chi connectivity index (χ4n) is 2.40. The Bertz CT molecular complexity index is 262. The second-order valence-electron chi connectivity index (χ2n) is 5.07. The lowest BCUT2D eigenvalue weighted by atomic mass is 9.86. The molecule has 0 spiro atoms. The van der Waals surface area contributed by atoms with E-state index in [2.05, 4.69) is 5.32 Å². The minimum Gasteiger partial charge on any atom is -0.481 e. The molecule has 1 rings (SSSR count). The van der Waals surface area contributed by atoms with Gasteiger partial charge in [-0.3, -0.25) is 4.79 Å². The monoisotopic (exact) mass is 289 g/mol. The molecule has 0 radical (unpaired) electrons. The molecule has 0 aliphatic heterocycles. The number of carboxylic acids is 1. The van der Waals surface area contributed by atoms with Gasteiger partial charge in [0.05, 0.1) is 39.0 Å². The summed E-state index contributed by atoms with van der Waals surface area (Å²) in [6.45, 7) is 3.74. The molecule has 1 fully saturated rings. The fourth-order valence-corrected chi connectivity index (χ4v) is 2.40. The number of hydrogen-bond donors (Lipinski definition) is 2. The predicted molar refractivity (Wildman–Crippen MR) is 74.9 cm³/mol. The molecular weight excluding hydrogens is 262 g/mol. The van der Waals surface area contributed by atoms with Gasteiger partial charge in [0.25, 0.3) is 0 Å². The lowest BCUT2D eigenvalue weighted by molar-refractivity contribution is -0.143. The average molecular weight is 289 g/mol. The third-order valence-corrected chi connectivity index (χ3v) is 3.51. The van der Waals surface area contributed by atoms with Crippen LogP contribution in [0.25, 0.3) is 0 Å². The van der Waals surface area contributed by atoms with Crippen LogP contribution in [0.5, 0.6) is 0 Å². The molecule has 1 saturated carbocycles. The lowest BCUT2D eigenvalue weighted by Gasteiger charge is -2.27. The first kappa shape index (κ1) is 17.4. The normalized spacial score (nSPS) is 22.9. The molecule has 6 heteroatoms. The summed E-state index contributed by atoms with van der Waals surface area (Å²) in [5.74, 6) is -0.850. The quantitative estimate of drug-likeness (QED) is 0.550. The number of carboxylic acid groups (broad SMARTS) is 1. The van der Waals surface area contributed by atoms with Gasteiger partial charge in [-0.05, 0) is 19.3 Å². The van der Waals surface area contributed by atoms with E-state index in [1.807, 2.05) is 0 Å². The molecule has 6 nitrogen and oxygen atoms in total. The number of ether oxygens (including phenoxy) is 3. The molecule has 0 bridgehead atoms. The molecule has 20 heavy (non-hydrogen) atoms. The van der Waals surface area contributed by atoms with E-state index in [1.165, 1.54) is 0 Å². The van der Waals surface area contributed by atoms with Gasteiger partial charge < -0.3 is 24.6 Å². The lowest BCUT2D eigenvalue weighted by Crippen LogP contribution is -2.38. The molecular formula is C14H27NO5. The summed E-state index contributed by atoms with van der Waals surface area (Å²) >= 11 is 0. The predicted octanol–water partition coefficient (Wildman–Crippen LogP) is 0.899. The van der Waals surface area contributed by atoms with Crippen molar-refractivity contribution in [3.63, 3.8) is 0 Å². The molecule has 0 heterocycles. The molecule has 0 aromatic rings. The summed E-state index contributed by atoms with van der Waals surface area (Å²) in [4.78, 5) is 10.9. The molecule has 2 N–H and O–H groups in total. The SMILES string of the molecule is COCCOCCOCCNC1CCCC(C(=O)O)C1. The number of carbonyl (C=O) groups is 1. The highest BCUT2D eigenvalue weighted by Crippen LogP contribution is 2.24. The Morgan fingerprint density at radius 3 is 2.55 bits per heavy atom. The average Bonchev–Trinajstić information content (AvgIpc) is 2.46. The first-order valence-corrected chi connectivity index (χ1v) is 7.34. The van der Waals surface area contributed by atoms with Gasteiger partial charge in [-0.2, -0.15) is 0 Å². The van der Waals surface area contributed by atoms with Crippen LogP contribution in [0.15, 0.2) is 0 Å². The Balaban J connectivity index is 1.92. The van der Waals surface area contributed by atoms with Gasteiger partial charge >= 0.3 is 5.97 Å². The highest BCUT2D eigenvalue weighted by Gasteiger charge is 2.26. The van der Waals surface area contributed by atoms with Crippen LogP contribution in [-0.2, 0) is 19.0 Å². The minimum absolute atomic E-state index is 0.184. The van der Waals surface area contributed by atoms with Crippen LogP contribution in [0.2, 0.25) is 0 Å². The third kappa shape index (κ3) is 7.79. The number of aliphatic carboxylic acids is 1. The van der Waals surface area contributed by atoms with Crippen molar-refractivity contribution in [3.8, 4) is 0 Å². The van der Waals surface area contributed by atoms with Gasteiger partial charge in [0.1, 0.15) is 0 Å². The maximum atomic E-state index is 10.9. The largest absolute Gasteiger partial charge is 0.481 e. The molecule has 0 saturated heterocycles. The van der Waals surface area contributed by atoms with Crippen LogP contribution < -0.4 is 5.32 Å². The van der Waals surface area contributed by atoms with Gasteiger partial charge in [-0.25, -0.2) is 0 Å². The second-order valence-corrected chi connectivity index (χ2v) is 5.07. The number of hydrogen-bond acceptors (Lipinski definition) is 5. The highest BCUT2D eigenvalue weighted by molar-refractivity contribution is 5.70. The van der Waals surface area contributed by atoms with Crippen LogP contribution in [0.1, 0.15) is 25.7 Å². The summed E-state index contributed by atoms with van der Waals surface area (Å²) in [7, 11) is 1.64. The third-order valence-electron chi connectivity index (χ3n) is 3.51. The van der Waals surface area contributed by atoms with E-state index >= 15 is 0 Å². The van der Waals surface area contributed by atoms with E-state index in [1.54, 1.807) is 7.11 Å². The number of methoxy groups -OCH3 is 1. The van der Waals surface area contributed by atoms with Gasteiger partial charge in [0, 0.05) is 19.7 Å². The smallest absolute Gasteiger partial charge is 0.306 e. The van der Waals surface area contributed by atoms with E-state index in [0.717, 1.165) is 32.2 Å². The second kappa shape index (κ2) is 11.0. The van der Waals surface area contributed by atoms with E-state index in [0.29, 0.717) is 39.1 Å². The Morgan fingerprint density at radius 1 is 1.15 bits per heavy atom. The van der Waals surface area contributed by atoms with Crippen LogP contribution in [-0.4, -0.2) is 63.8 Å². The van der Waals surface area contributed by atoms with Crippen molar-refractivity contribution < 1.29 is 24.1 Å². The summed E-state index contributed by atoms with van der Waals surface area (Å²) in [5.41, 5.74) is 0. The molecule has 0 amide bonds. The standard InChI is InChI=1S/C14H27NO5/c1-18-7-8-20-10-9-19-6-5-15-13-4-2-3-12(11-13)14(16)17/h12-13,15H,2-11H2,1H3,(H,16,17). The zero-order valence-electron chi connectivity index (χ0n) is 12.3. The summed E-state index contributed by atoms with van der Waals surface area (Å²) in [6.07, 6.45) is 3.59. The highest BCUT2D eigenvalue weighted by atomic mass is 16.5. The molecule has 2 atom stereocenters. The van der Waals surface area contributed by atoms with Crippen molar-refractivity contribution in [2.45, 2.75) is 31.7 Å².